The molecule has 0 heterocycles. The summed E-state index contributed by atoms with van der Waals surface area (Å²) in [6.45, 7) is 10.9. The lowest BCUT2D eigenvalue weighted by Gasteiger charge is -2.29. The zero-order chi connectivity index (χ0) is 34.1. The Balaban J connectivity index is 0.000000169. The summed E-state index contributed by atoms with van der Waals surface area (Å²) in [4.78, 5) is 0. The summed E-state index contributed by atoms with van der Waals surface area (Å²) >= 11 is 0. The van der Waals surface area contributed by atoms with Crippen molar-refractivity contribution < 1.29 is 15.3 Å². The van der Waals surface area contributed by atoms with Crippen molar-refractivity contribution in [3.63, 3.8) is 0 Å². The van der Waals surface area contributed by atoms with Crippen LogP contribution in [0.2, 0.25) is 0 Å². The fourth-order valence-corrected chi connectivity index (χ4v) is 6.35. The largest absolute Gasteiger partial charge is 0.508 e. The summed E-state index contributed by atoms with van der Waals surface area (Å²) < 4.78 is 0. The molecule has 7 aromatic rings. The van der Waals surface area contributed by atoms with Crippen molar-refractivity contribution in [1.82, 2.24) is 0 Å². The van der Waals surface area contributed by atoms with Crippen molar-refractivity contribution in [2.75, 3.05) is 0 Å². The molecule has 0 unspecified atom stereocenters. The van der Waals surface area contributed by atoms with Crippen molar-refractivity contribution in [3.8, 4) is 28.4 Å². The SMILES string of the molecule is CC(C)(c1ccc(O)cc1)c1ccc(C(C)(C)c2ccc(O)cc2)cc1.Cc1ccc2cc(-c3ccc4cc(O)ccc4c3)ccc2c1. The first-order valence-electron chi connectivity index (χ1n) is 16.3. The minimum atomic E-state index is -0.144. The van der Waals surface area contributed by atoms with Crippen LogP contribution in [0.15, 0.2) is 146 Å². The molecular formula is C45H42O3. The standard InChI is InChI=1S/C24H26O2.C21H16O/c1-23(2,19-9-13-21(25)14-10-19)17-5-7-18(8-6-17)24(3,4)20-11-15-22(26)16-12-20;1-14-2-3-16-11-17(5-4-15(16)10-14)18-6-7-20-13-21(22)9-8-19(20)12-18/h5-16,25-26H,1-4H3;2-13,22H,1H3. The van der Waals surface area contributed by atoms with Gasteiger partial charge in [0.05, 0.1) is 0 Å². The van der Waals surface area contributed by atoms with E-state index in [1.165, 1.54) is 49.7 Å². The number of phenolic OH excluding ortho intramolecular Hbond substituents is 3. The topological polar surface area (TPSA) is 60.7 Å². The average molecular weight is 631 g/mol. The number of phenols is 3. The van der Waals surface area contributed by atoms with Crippen molar-refractivity contribution in [2.45, 2.75) is 45.4 Å². The highest BCUT2D eigenvalue weighted by Gasteiger charge is 2.26. The van der Waals surface area contributed by atoms with Crippen molar-refractivity contribution >= 4 is 21.5 Å². The van der Waals surface area contributed by atoms with E-state index < -0.39 is 0 Å². The number of fused-ring (bicyclic) bond motifs is 2. The number of aromatic hydroxyl groups is 3. The van der Waals surface area contributed by atoms with Gasteiger partial charge in [-0.15, -0.1) is 0 Å². The van der Waals surface area contributed by atoms with Gasteiger partial charge >= 0.3 is 0 Å². The number of aryl methyl sites for hydroxylation is 1. The molecule has 3 N–H and O–H groups in total. The molecule has 0 aliphatic heterocycles. The van der Waals surface area contributed by atoms with Gasteiger partial charge < -0.3 is 15.3 Å². The highest BCUT2D eigenvalue weighted by atomic mass is 16.3. The molecule has 240 valence electrons. The maximum Gasteiger partial charge on any atom is 0.116 e. The third-order valence-corrected chi connectivity index (χ3v) is 9.66. The van der Waals surface area contributed by atoms with Crippen LogP contribution >= 0.6 is 0 Å². The maximum atomic E-state index is 9.56. The summed E-state index contributed by atoms with van der Waals surface area (Å²) in [7, 11) is 0. The number of hydrogen-bond acceptors (Lipinski definition) is 3. The Bertz CT molecular complexity index is 2030. The summed E-state index contributed by atoms with van der Waals surface area (Å²) in [5, 5.41) is 33.3. The van der Waals surface area contributed by atoms with E-state index in [1.807, 2.05) is 30.3 Å². The summed E-state index contributed by atoms with van der Waals surface area (Å²) in [5.74, 6) is 0.882. The number of benzene rings is 7. The van der Waals surface area contributed by atoms with Crippen molar-refractivity contribution in [1.29, 1.82) is 0 Å². The molecule has 7 aromatic carbocycles. The molecule has 0 aromatic heterocycles. The van der Waals surface area contributed by atoms with E-state index in [-0.39, 0.29) is 22.3 Å². The monoisotopic (exact) mass is 630 g/mol. The Kier molecular flexibility index (Phi) is 8.73. The lowest BCUT2D eigenvalue weighted by molar-refractivity contribution is 0.473. The van der Waals surface area contributed by atoms with E-state index in [0.717, 1.165) is 10.8 Å². The quantitative estimate of drug-likeness (QED) is 0.177. The number of rotatable bonds is 5. The normalized spacial score (nSPS) is 11.7. The Hall–Kier alpha value is -5.54. The smallest absolute Gasteiger partial charge is 0.116 e. The van der Waals surface area contributed by atoms with E-state index >= 15 is 0 Å². The molecule has 3 nitrogen and oxygen atoms in total. The van der Waals surface area contributed by atoms with Gasteiger partial charge in [0.1, 0.15) is 17.2 Å². The second-order valence-corrected chi connectivity index (χ2v) is 13.7. The first-order chi connectivity index (χ1) is 22.9. The Labute approximate surface area is 283 Å². The molecule has 0 amide bonds. The first-order valence-corrected chi connectivity index (χ1v) is 16.3. The fraction of sp³-hybridized carbons (Fsp3) is 0.156. The Morgan fingerprint density at radius 2 is 0.646 bits per heavy atom. The molecule has 0 saturated heterocycles. The summed E-state index contributed by atoms with van der Waals surface area (Å²) in [6.07, 6.45) is 0. The zero-order valence-corrected chi connectivity index (χ0v) is 28.2. The van der Waals surface area contributed by atoms with Gasteiger partial charge in [0, 0.05) is 10.8 Å². The van der Waals surface area contributed by atoms with Crippen LogP contribution in [0.4, 0.5) is 0 Å². The van der Waals surface area contributed by atoms with Crippen LogP contribution in [0.1, 0.15) is 55.5 Å². The zero-order valence-electron chi connectivity index (χ0n) is 28.2. The molecule has 0 aliphatic rings. The number of hydrogen-bond donors (Lipinski definition) is 3. The molecule has 0 radical (unpaired) electrons. The third kappa shape index (κ3) is 6.77. The van der Waals surface area contributed by atoms with Gasteiger partial charge in [-0.2, -0.15) is 0 Å². The maximum absolute atomic E-state index is 9.56. The first kappa shape index (κ1) is 32.4. The molecule has 0 saturated carbocycles. The Morgan fingerprint density at radius 1 is 0.333 bits per heavy atom. The summed E-state index contributed by atoms with van der Waals surface area (Å²) in [5.41, 5.74) is 8.20. The Morgan fingerprint density at radius 3 is 1.08 bits per heavy atom. The molecule has 0 spiro atoms. The van der Waals surface area contributed by atoms with Gasteiger partial charge in [0.2, 0.25) is 0 Å². The van der Waals surface area contributed by atoms with E-state index in [1.54, 1.807) is 36.4 Å². The fourth-order valence-electron chi connectivity index (χ4n) is 6.35. The predicted octanol–water partition coefficient (Wildman–Crippen LogP) is 11.4. The molecule has 48 heavy (non-hydrogen) atoms. The minimum absolute atomic E-state index is 0.144. The average Bonchev–Trinajstić information content (AvgIpc) is 3.08. The van der Waals surface area contributed by atoms with Gasteiger partial charge in [-0.1, -0.05) is 130 Å². The predicted molar refractivity (Wildman–Crippen MR) is 200 cm³/mol. The van der Waals surface area contributed by atoms with Crippen molar-refractivity contribution in [3.05, 3.63) is 173 Å². The molecular weight excluding hydrogens is 588 g/mol. The highest BCUT2D eigenvalue weighted by Crippen LogP contribution is 2.36. The molecule has 7 rings (SSSR count). The lowest BCUT2D eigenvalue weighted by atomic mass is 9.74. The molecule has 0 atom stereocenters. The van der Waals surface area contributed by atoms with Crippen LogP contribution in [0, 0.1) is 6.92 Å². The lowest BCUT2D eigenvalue weighted by Crippen LogP contribution is -2.21. The highest BCUT2D eigenvalue weighted by molar-refractivity contribution is 5.92. The van der Waals surface area contributed by atoms with E-state index in [4.69, 9.17) is 0 Å². The van der Waals surface area contributed by atoms with Crippen LogP contribution in [0.5, 0.6) is 17.2 Å². The second-order valence-electron chi connectivity index (χ2n) is 13.7. The van der Waals surface area contributed by atoms with Crippen molar-refractivity contribution in [2.24, 2.45) is 0 Å². The van der Waals surface area contributed by atoms with E-state index in [0.29, 0.717) is 5.75 Å². The van der Waals surface area contributed by atoms with Gasteiger partial charge in [0.15, 0.2) is 0 Å². The summed E-state index contributed by atoms with van der Waals surface area (Å²) in [6, 6.07) is 48.5. The van der Waals surface area contributed by atoms with E-state index in [2.05, 4.69) is 113 Å². The van der Waals surface area contributed by atoms with Crippen LogP contribution in [-0.4, -0.2) is 15.3 Å². The van der Waals surface area contributed by atoms with Crippen LogP contribution in [0.3, 0.4) is 0 Å². The molecule has 3 heteroatoms. The minimum Gasteiger partial charge on any atom is -0.508 e. The van der Waals surface area contributed by atoms with E-state index in [9.17, 15) is 15.3 Å². The molecule has 0 aliphatic carbocycles. The second kappa shape index (κ2) is 12.9. The van der Waals surface area contributed by atoms with Gasteiger partial charge in [-0.05, 0) is 110 Å². The van der Waals surface area contributed by atoms with Crippen LogP contribution in [0.25, 0.3) is 32.7 Å². The third-order valence-electron chi connectivity index (χ3n) is 9.66. The van der Waals surface area contributed by atoms with Crippen LogP contribution in [-0.2, 0) is 10.8 Å². The van der Waals surface area contributed by atoms with Crippen LogP contribution < -0.4 is 0 Å². The van der Waals surface area contributed by atoms with Gasteiger partial charge in [-0.3, -0.25) is 0 Å². The van der Waals surface area contributed by atoms with Gasteiger partial charge in [-0.25, -0.2) is 0 Å². The molecule has 0 bridgehead atoms. The van der Waals surface area contributed by atoms with Gasteiger partial charge in [0.25, 0.3) is 0 Å². The molecule has 0 fully saturated rings.